The first-order valence-corrected chi connectivity index (χ1v) is 9.27. The monoisotopic (exact) mass is 462 g/mol. The summed E-state index contributed by atoms with van der Waals surface area (Å²) in [5.41, 5.74) is 0.546. The summed E-state index contributed by atoms with van der Waals surface area (Å²) in [6, 6.07) is 9.28. The molecule has 0 aliphatic rings. The van der Waals surface area contributed by atoms with Gasteiger partial charge in [-0.3, -0.25) is 0 Å². The first-order chi connectivity index (χ1) is 10.8. The Balaban J connectivity index is 2.18. The zero-order chi connectivity index (χ0) is 17.0. The van der Waals surface area contributed by atoms with Crippen LogP contribution >= 0.6 is 31.9 Å². The Morgan fingerprint density at radius 1 is 1.22 bits per heavy atom. The summed E-state index contributed by atoms with van der Waals surface area (Å²) < 4.78 is 30.3. The van der Waals surface area contributed by atoms with Gasteiger partial charge in [-0.1, -0.05) is 15.9 Å². The summed E-state index contributed by atoms with van der Waals surface area (Å²) in [7, 11) is -2.33. The van der Waals surface area contributed by atoms with Crippen molar-refractivity contribution in [1.29, 1.82) is 0 Å². The van der Waals surface area contributed by atoms with Crippen molar-refractivity contribution in [1.82, 2.24) is 4.83 Å². The van der Waals surface area contributed by atoms with Crippen LogP contribution in [-0.2, 0) is 10.0 Å². The van der Waals surface area contributed by atoms with Gasteiger partial charge in [-0.15, -0.1) is 0 Å². The van der Waals surface area contributed by atoms with Crippen molar-refractivity contribution in [3.05, 3.63) is 50.9 Å². The molecule has 0 radical (unpaired) electrons. The fraction of sp³-hybridized carbons (Fsp3) is 0.0714. The lowest BCUT2D eigenvalue weighted by Crippen LogP contribution is -2.18. The molecular formula is C14H12Br2N2O4S. The molecule has 0 amide bonds. The van der Waals surface area contributed by atoms with Crippen molar-refractivity contribution in [2.24, 2.45) is 5.10 Å². The van der Waals surface area contributed by atoms with Crippen LogP contribution in [0, 0.1) is 0 Å². The molecule has 0 atom stereocenters. The van der Waals surface area contributed by atoms with Gasteiger partial charge in [0.15, 0.2) is 11.5 Å². The Hall–Kier alpha value is -1.58. The molecule has 2 aromatic carbocycles. The van der Waals surface area contributed by atoms with Crippen molar-refractivity contribution >= 4 is 48.1 Å². The molecule has 0 aromatic heterocycles. The molecule has 0 bridgehead atoms. The van der Waals surface area contributed by atoms with E-state index in [2.05, 4.69) is 41.8 Å². The third-order valence-electron chi connectivity index (χ3n) is 2.78. The summed E-state index contributed by atoms with van der Waals surface area (Å²) in [5.74, 6) is 0.205. The summed E-state index contributed by atoms with van der Waals surface area (Å²) in [6.45, 7) is 0. The van der Waals surface area contributed by atoms with Crippen molar-refractivity contribution < 1.29 is 18.3 Å². The normalized spacial score (nSPS) is 11.6. The number of nitrogens with one attached hydrogen (secondary N) is 1. The molecular weight excluding hydrogens is 452 g/mol. The summed E-state index contributed by atoms with van der Waals surface area (Å²) in [6.07, 6.45) is 1.31. The van der Waals surface area contributed by atoms with Crippen LogP contribution in [0.2, 0.25) is 0 Å². The van der Waals surface area contributed by atoms with Gasteiger partial charge in [-0.2, -0.15) is 13.5 Å². The minimum absolute atomic E-state index is 0.0416. The standard InChI is InChI=1S/C14H12Br2N2O4S/c1-22-13-7-9(6-12(16)14(13)19)8-17-18-23(20,21)11-4-2-10(15)3-5-11/h2-8,18-19H,1H3/b17-8+. The van der Waals surface area contributed by atoms with Gasteiger partial charge in [0, 0.05) is 4.47 Å². The lowest BCUT2D eigenvalue weighted by atomic mass is 10.2. The number of halogens is 2. The number of hydrazone groups is 1. The van der Waals surface area contributed by atoms with Crippen LogP contribution in [0.4, 0.5) is 0 Å². The topological polar surface area (TPSA) is 88.0 Å². The molecule has 2 N–H and O–H groups in total. The molecule has 0 fully saturated rings. The highest BCUT2D eigenvalue weighted by molar-refractivity contribution is 9.10. The van der Waals surface area contributed by atoms with Gasteiger partial charge in [0.2, 0.25) is 0 Å². The molecule has 6 nitrogen and oxygen atoms in total. The van der Waals surface area contributed by atoms with Crippen LogP contribution < -0.4 is 9.57 Å². The van der Waals surface area contributed by atoms with E-state index in [1.54, 1.807) is 18.2 Å². The van der Waals surface area contributed by atoms with Gasteiger partial charge in [0.1, 0.15) is 0 Å². The van der Waals surface area contributed by atoms with Crippen molar-refractivity contribution in [2.75, 3.05) is 7.11 Å². The summed E-state index contributed by atoms with van der Waals surface area (Å²) in [5, 5.41) is 13.4. The number of ether oxygens (including phenoxy) is 1. The number of methoxy groups -OCH3 is 1. The highest BCUT2D eigenvalue weighted by atomic mass is 79.9. The number of phenolic OH excluding ortho intramolecular Hbond substituents is 1. The third kappa shape index (κ3) is 4.46. The summed E-state index contributed by atoms with van der Waals surface area (Å²) in [4.78, 5) is 2.22. The van der Waals surface area contributed by atoms with Gasteiger partial charge < -0.3 is 9.84 Å². The molecule has 122 valence electrons. The van der Waals surface area contributed by atoms with Crippen molar-refractivity contribution in [3.63, 3.8) is 0 Å². The molecule has 0 aliphatic heterocycles. The number of rotatable bonds is 5. The molecule has 0 aliphatic carbocycles. The predicted octanol–water partition coefficient (Wildman–Crippen LogP) is 3.24. The van der Waals surface area contributed by atoms with Crippen molar-refractivity contribution in [3.8, 4) is 11.5 Å². The minimum Gasteiger partial charge on any atom is -0.503 e. The molecule has 0 saturated heterocycles. The molecule has 23 heavy (non-hydrogen) atoms. The second-order valence-corrected chi connectivity index (χ2v) is 7.79. The number of hydrogen-bond donors (Lipinski definition) is 2. The Labute approximate surface area is 150 Å². The molecule has 0 spiro atoms. The first kappa shape index (κ1) is 17.8. The van der Waals surface area contributed by atoms with Gasteiger partial charge in [-0.05, 0) is 57.9 Å². The maximum atomic E-state index is 12.1. The average molecular weight is 464 g/mol. The number of nitrogens with zero attached hydrogens (tertiary/aromatic N) is 1. The fourth-order valence-electron chi connectivity index (χ4n) is 1.66. The van der Waals surface area contributed by atoms with Crippen LogP contribution in [-0.4, -0.2) is 26.8 Å². The van der Waals surface area contributed by atoms with E-state index in [-0.39, 0.29) is 16.4 Å². The molecule has 2 rings (SSSR count). The Morgan fingerprint density at radius 3 is 2.48 bits per heavy atom. The van der Waals surface area contributed by atoms with E-state index in [9.17, 15) is 13.5 Å². The third-order valence-corrected chi connectivity index (χ3v) is 5.15. The molecule has 0 heterocycles. The van der Waals surface area contributed by atoms with Crippen LogP contribution in [0.3, 0.4) is 0 Å². The van der Waals surface area contributed by atoms with E-state index in [0.717, 1.165) is 4.47 Å². The second kappa shape index (κ2) is 7.33. The summed E-state index contributed by atoms with van der Waals surface area (Å²) >= 11 is 6.42. The van der Waals surface area contributed by atoms with E-state index < -0.39 is 10.0 Å². The van der Waals surface area contributed by atoms with E-state index in [1.807, 2.05) is 0 Å². The second-order valence-electron chi connectivity index (χ2n) is 4.36. The Kier molecular flexibility index (Phi) is 5.66. The SMILES string of the molecule is COc1cc(/C=N/NS(=O)(=O)c2ccc(Br)cc2)cc(Br)c1O. The van der Waals surface area contributed by atoms with E-state index in [4.69, 9.17) is 4.74 Å². The highest BCUT2D eigenvalue weighted by Crippen LogP contribution is 2.34. The predicted molar refractivity (Wildman–Crippen MR) is 94.4 cm³/mol. The average Bonchev–Trinajstić information content (AvgIpc) is 2.51. The Bertz CT molecular complexity index is 837. The maximum Gasteiger partial charge on any atom is 0.276 e. The number of hydrogen-bond acceptors (Lipinski definition) is 5. The minimum atomic E-state index is -3.74. The van der Waals surface area contributed by atoms with E-state index in [1.165, 1.54) is 31.5 Å². The van der Waals surface area contributed by atoms with Crippen LogP contribution in [0.15, 0.2) is 55.3 Å². The fourth-order valence-corrected chi connectivity index (χ4v) is 3.18. The number of aromatic hydroxyl groups is 1. The van der Waals surface area contributed by atoms with Gasteiger partial charge in [-0.25, -0.2) is 4.83 Å². The molecule has 9 heteroatoms. The van der Waals surface area contributed by atoms with E-state index in [0.29, 0.717) is 10.0 Å². The molecule has 2 aromatic rings. The van der Waals surface area contributed by atoms with Crippen LogP contribution in [0.1, 0.15) is 5.56 Å². The maximum absolute atomic E-state index is 12.1. The lowest BCUT2D eigenvalue weighted by molar-refractivity contribution is 0.372. The number of sulfonamides is 1. The Morgan fingerprint density at radius 2 is 1.87 bits per heavy atom. The quantitative estimate of drug-likeness (QED) is 0.526. The van der Waals surface area contributed by atoms with Gasteiger partial charge in [0.25, 0.3) is 10.0 Å². The van der Waals surface area contributed by atoms with Crippen LogP contribution in [0.25, 0.3) is 0 Å². The van der Waals surface area contributed by atoms with Gasteiger partial charge >= 0.3 is 0 Å². The zero-order valence-corrected chi connectivity index (χ0v) is 15.8. The lowest BCUT2D eigenvalue weighted by Gasteiger charge is -2.06. The highest BCUT2D eigenvalue weighted by Gasteiger charge is 2.12. The molecule has 0 unspecified atom stereocenters. The zero-order valence-electron chi connectivity index (χ0n) is 11.8. The van der Waals surface area contributed by atoms with E-state index >= 15 is 0 Å². The van der Waals surface area contributed by atoms with Gasteiger partial charge in [0.05, 0.1) is 22.7 Å². The largest absolute Gasteiger partial charge is 0.503 e. The molecule has 0 saturated carbocycles. The number of benzene rings is 2. The first-order valence-electron chi connectivity index (χ1n) is 6.20. The van der Waals surface area contributed by atoms with Crippen molar-refractivity contribution in [2.45, 2.75) is 4.90 Å². The smallest absolute Gasteiger partial charge is 0.276 e. The van der Waals surface area contributed by atoms with Crippen LogP contribution in [0.5, 0.6) is 11.5 Å². The number of phenols is 1.